The summed E-state index contributed by atoms with van der Waals surface area (Å²) in [6.07, 6.45) is 0.838. The predicted octanol–water partition coefficient (Wildman–Crippen LogP) is 3.07. The van der Waals surface area contributed by atoms with E-state index in [0.717, 1.165) is 10.2 Å². The minimum Gasteiger partial charge on any atom is -0.399 e. The fourth-order valence-corrected chi connectivity index (χ4v) is 3.05. The highest BCUT2D eigenvalue weighted by Gasteiger charge is 2.05. The van der Waals surface area contributed by atoms with Crippen LogP contribution in [0, 0.1) is 0 Å². The molecule has 1 aromatic carbocycles. The van der Waals surface area contributed by atoms with Gasteiger partial charge < -0.3 is 11.1 Å². The number of halogens is 1. The van der Waals surface area contributed by atoms with Crippen LogP contribution in [0.4, 0.5) is 5.69 Å². The molecule has 2 rings (SSSR count). The molecule has 3 N–H and O–H groups in total. The number of carbonyl (C=O) groups is 1. The summed E-state index contributed by atoms with van der Waals surface area (Å²) in [5, 5.41) is 2.88. The molecular weight excluding hydrogens is 312 g/mol. The van der Waals surface area contributed by atoms with E-state index in [0.29, 0.717) is 17.8 Å². The highest BCUT2D eigenvalue weighted by atomic mass is 79.9. The third kappa shape index (κ3) is 3.58. The van der Waals surface area contributed by atoms with Crippen molar-refractivity contribution in [3.8, 4) is 0 Å². The highest BCUT2D eigenvalue weighted by molar-refractivity contribution is 9.11. The topological polar surface area (TPSA) is 55.1 Å². The van der Waals surface area contributed by atoms with Crippen molar-refractivity contribution >= 4 is 38.9 Å². The van der Waals surface area contributed by atoms with Crippen molar-refractivity contribution in [2.45, 2.75) is 6.42 Å². The maximum absolute atomic E-state index is 11.8. The summed E-state index contributed by atoms with van der Waals surface area (Å²) in [5.41, 5.74) is 6.84. The molecule has 0 atom stereocenters. The van der Waals surface area contributed by atoms with Gasteiger partial charge in [0.05, 0.1) is 3.79 Å². The molecule has 0 saturated heterocycles. The molecule has 3 nitrogen and oxygen atoms in total. The number of amides is 1. The number of carbonyl (C=O) groups excluding carboxylic acids is 1. The summed E-state index contributed by atoms with van der Waals surface area (Å²) in [6.45, 7) is 0.626. The molecule has 0 saturated carbocycles. The Morgan fingerprint density at radius 3 is 2.83 bits per heavy atom. The van der Waals surface area contributed by atoms with Gasteiger partial charge in [-0.2, -0.15) is 0 Å². The van der Waals surface area contributed by atoms with Gasteiger partial charge >= 0.3 is 0 Å². The van der Waals surface area contributed by atoms with Gasteiger partial charge in [0.1, 0.15) is 0 Å². The van der Waals surface area contributed by atoms with Crippen molar-refractivity contribution in [1.82, 2.24) is 5.32 Å². The molecule has 94 valence electrons. The Morgan fingerprint density at radius 1 is 1.33 bits per heavy atom. The highest BCUT2D eigenvalue weighted by Crippen LogP contribution is 2.22. The molecule has 18 heavy (non-hydrogen) atoms. The van der Waals surface area contributed by atoms with Crippen LogP contribution in [0.15, 0.2) is 40.2 Å². The molecule has 1 aromatic heterocycles. The average molecular weight is 325 g/mol. The SMILES string of the molecule is Nc1cccc(C(=O)NCCc2ccc(Br)s2)c1. The zero-order chi connectivity index (χ0) is 13.0. The van der Waals surface area contributed by atoms with Crippen LogP contribution in [-0.2, 0) is 6.42 Å². The molecule has 0 aliphatic rings. The summed E-state index contributed by atoms with van der Waals surface area (Å²) in [7, 11) is 0. The second kappa shape index (κ2) is 6.02. The molecule has 0 bridgehead atoms. The Balaban J connectivity index is 1.85. The van der Waals surface area contributed by atoms with Gasteiger partial charge in [0.15, 0.2) is 0 Å². The third-order valence-corrected chi connectivity index (χ3v) is 4.12. The largest absolute Gasteiger partial charge is 0.399 e. The van der Waals surface area contributed by atoms with E-state index in [9.17, 15) is 4.79 Å². The first kappa shape index (κ1) is 13.1. The Hall–Kier alpha value is -1.33. The van der Waals surface area contributed by atoms with Gasteiger partial charge in [-0.25, -0.2) is 0 Å². The minimum absolute atomic E-state index is 0.0853. The lowest BCUT2D eigenvalue weighted by atomic mass is 10.2. The Morgan fingerprint density at radius 2 is 2.17 bits per heavy atom. The number of nitrogens with one attached hydrogen (secondary N) is 1. The van der Waals surface area contributed by atoms with Crippen LogP contribution in [0.2, 0.25) is 0 Å². The van der Waals surface area contributed by atoms with E-state index >= 15 is 0 Å². The molecule has 0 radical (unpaired) electrons. The lowest BCUT2D eigenvalue weighted by molar-refractivity contribution is 0.0954. The van der Waals surface area contributed by atoms with Crippen LogP contribution in [0.25, 0.3) is 0 Å². The smallest absolute Gasteiger partial charge is 0.251 e. The summed E-state index contributed by atoms with van der Waals surface area (Å²) < 4.78 is 1.11. The molecule has 0 unspecified atom stereocenters. The van der Waals surface area contributed by atoms with Gasteiger partial charge in [-0.15, -0.1) is 11.3 Å². The molecule has 2 aromatic rings. The van der Waals surface area contributed by atoms with Crippen molar-refractivity contribution in [2.75, 3.05) is 12.3 Å². The summed E-state index contributed by atoms with van der Waals surface area (Å²) in [5.74, 6) is -0.0853. The molecule has 0 fully saturated rings. The van der Waals surface area contributed by atoms with E-state index in [2.05, 4.69) is 27.3 Å². The molecule has 0 aliphatic carbocycles. The fraction of sp³-hybridized carbons (Fsp3) is 0.154. The number of rotatable bonds is 4. The van der Waals surface area contributed by atoms with Crippen LogP contribution in [0.3, 0.4) is 0 Å². The average Bonchev–Trinajstić information content (AvgIpc) is 2.75. The van der Waals surface area contributed by atoms with Crippen molar-refractivity contribution in [3.63, 3.8) is 0 Å². The monoisotopic (exact) mass is 324 g/mol. The maximum atomic E-state index is 11.8. The second-order valence-corrected chi connectivity index (χ2v) is 6.38. The molecule has 5 heteroatoms. The standard InChI is InChI=1S/C13H13BrN2OS/c14-12-5-4-11(18-12)6-7-16-13(17)9-2-1-3-10(15)8-9/h1-5,8H,6-7,15H2,(H,16,17). The van der Waals surface area contributed by atoms with Gasteiger partial charge in [0, 0.05) is 22.7 Å². The molecule has 0 aliphatic heterocycles. The predicted molar refractivity (Wildman–Crippen MR) is 78.9 cm³/mol. The van der Waals surface area contributed by atoms with Crippen molar-refractivity contribution in [3.05, 3.63) is 50.6 Å². The zero-order valence-corrected chi connectivity index (χ0v) is 12.1. The number of hydrogen-bond acceptors (Lipinski definition) is 3. The lowest BCUT2D eigenvalue weighted by Gasteiger charge is -2.04. The first-order valence-electron chi connectivity index (χ1n) is 5.53. The third-order valence-electron chi connectivity index (χ3n) is 2.43. The van der Waals surface area contributed by atoms with Gasteiger partial charge in [-0.3, -0.25) is 4.79 Å². The molecule has 0 spiro atoms. The first-order valence-corrected chi connectivity index (χ1v) is 7.14. The zero-order valence-electron chi connectivity index (χ0n) is 9.65. The van der Waals surface area contributed by atoms with E-state index in [1.54, 1.807) is 35.6 Å². The molecule has 1 amide bonds. The number of hydrogen-bond donors (Lipinski definition) is 2. The number of nitrogen functional groups attached to an aromatic ring is 1. The van der Waals surface area contributed by atoms with Gasteiger partial charge in [0.25, 0.3) is 5.91 Å². The summed E-state index contributed by atoms with van der Waals surface area (Å²) in [6, 6.07) is 11.0. The second-order valence-electron chi connectivity index (χ2n) is 3.84. The van der Waals surface area contributed by atoms with E-state index in [4.69, 9.17) is 5.73 Å². The first-order chi connectivity index (χ1) is 8.65. The van der Waals surface area contributed by atoms with Crippen molar-refractivity contribution < 1.29 is 4.79 Å². The Kier molecular flexibility index (Phi) is 4.38. The van der Waals surface area contributed by atoms with Gasteiger partial charge in [-0.1, -0.05) is 6.07 Å². The van der Waals surface area contributed by atoms with Crippen LogP contribution >= 0.6 is 27.3 Å². The maximum Gasteiger partial charge on any atom is 0.251 e. The van der Waals surface area contributed by atoms with E-state index in [1.165, 1.54) is 4.88 Å². The molecular formula is C13H13BrN2OS. The normalized spacial score (nSPS) is 10.3. The van der Waals surface area contributed by atoms with E-state index < -0.39 is 0 Å². The van der Waals surface area contributed by atoms with Crippen molar-refractivity contribution in [2.24, 2.45) is 0 Å². The lowest BCUT2D eigenvalue weighted by Crippen LogP contribution is -2.25. The van der Waals surface area contributed by atoms with E-state index in [1.807, 2.05) is 6.07 Å². The number of benzene rings is 1. The number of thiophene rings is 1. The summed E-state index contributed by atoms with van der Waals surface area (Å²) in [4.78, 5) is 13.1. The fourth-order valence-electron chi connectivity index (χ4n) is 1.57. The van der Waals surface area contributed by atoms with Crippen LogP contribution in [0.5, 0.6) is 0 Å². The van der Waals surface area contributed by atoms with Crippen LogP contribution in [-0.4, -0.2) is 12.5 Å². The number of nitrogens with two attached hydrogens (primary N) is 1. The van der Waals surface area contributed by atoms with Crippen LogP contribution in [0.1, 0.15) is 15.2 Å². The number of anilines is 1. The van der Waals surface area contributed by atoms with Gasteiger partial charge in [0.2, 0.25) is 0 Å². The quantitative estimate of drug-likeness (QED) is 0.849. The van der Waals surface area contributed by atoms with Crippen LogP contribution < -0.4 is 11.1 Å². The Labute approximate surface area is 118 Å². The summed E-state index contributed by atoms with van der Waals surface area (Å²) >= 11 is 5.10. The van der Waals surface area contributed by atoms with Gasteiger partial charge in [-0.05, 0) is 52.7 Å². The minimum atomic E-state index is -0.0853. The van der Waals surface area contributed by atoms with E-state index in [-0.39, 0.29) is 5.91 Å². The molecule has 1 heterocycles. The Bertz CT molecular complexity index is 553. The van der Waals surface area contributed by atoms with Crippen molar-refractivity contribution in [1.29, 1.82) is 0 Å².